The Kier molecular flexibility index (Phi) is 8.02. The predicted octanol–water partition coefficient (Wildman–Crippen LogP) is -4.68. The van der Waals surface area contributed by atoms with Crippen LogP contribution in [0, 0.1) is 0 Å². The van der Waals surface area contributed by atoms with Gasteiger partial charge in [-0.3, -0.25) is 0 Å². The Hall–Kier alpha value is 1.13. The van der Waals surface area contributed by atoms with E-state index in [0.717, 1.165) is 0 Å². The summed E-state index contributed by atoms with van der Waals surface area (Å²) in [6, 6.07) is 1.42. The molecule has 0 aromatic carbocycles. The van der Waals surface area contributed by atoms with Gasteiger partial charge < -0.3 is 0 Å². The monoisotopic (exact) mass is 186 g/mol. The van der Waals surface area contributed by atoms with E-state index in [1.807, 2.05) is 0 Å². The molecule has 0 fully saturated rings. The summed E-state index contributed by atoms with van der Waals surface area (Å²) in [6.07, 6.45) is -3.59. The SMILES string of the molecule is [B]B([B])B([B])B(B=S)B(B([B])[B])B([B])[B]. The van der Waals surface area contributed by atoms with E-state index in [2.05, 4.69) is 0 Å². The minimum absolute atomic E-state index is 0.389. The second-order valence-corrected chi connectivity index (χ2v) is 3.87. The molecule has 0 aliphatic carbocycles. The van der Waals surface area contributed by atoms with Crippen molar-refractivity contribution in [2.75, 3.05) is 0 Å². The van der Waals surface area contributed by atoms with Crippen molar-refractivity contribution in [1.82, 2.24) is 0 Å². The first-order valence-corrected chi connectivity index (χ1v) is 5.04. The Balaban J connectivity index is 4.81. The Bertz CT molecular complexity index is 174. The minimum atomic E-state index is -0.728. The van der Waals surface area contributed by atoms with Crippen LogP contribution in [0.1, 0.15) is 0 Å². The Labute approximate surface area is 110 Å². The van der Waals surface area contributed by atoms with E-state index in [9.17, 15) is 0 Å². The van der Waals surface area contributed by atoms with Gasteiger partial charge in [-0.1, -0.05) is 0 Å². The fourth-order valence-electron chi connectivity index (χ4n) is 1.46. The number of rotatable bonds is 6. The molecule has 0 bridgehead atoms. The average molecular weight is 183 g/mol. The molecule has 0 heterocycles. The molecule has 15 heteroatoms. The molecular formula is B14S. The quantitative estimate of drug-likeness (QED) is 0.373. The summed E-state index contributed by atoms with van der Waals surface area (Å²) in [6.45, 7) is 0. The van der Waals surface area contributed by atoms with Crippen molar-refractivity contribution in [2.45, 2.75) is 0 Å². The normalized spacial score (nSPS) is 8.53. The molecule has 0 saturated carbocycles. The first-order chi connectivity index (χ1) is 6.82. The summed E-state index contributed by atoms with van der Waals surface area (Å²) in [4.78, 5) is 0. The summed E-state index contributed by atoms with van der Waals surface area (Å²) < 4.78 is 0. The van der Waals surface area contributed by atoms with E-state index in [1.165, 1.54) is 6.05 Å². The van der Waals surface area contributed by atoms with Gasteiger partial charge in [-0.05, 0) is 0 Å². The fourth-order valence-corrected chi connectivity index (χ4v) is 1.83. The Morgan fingerprint density at radius 3 is 1.33 bits per heavy atom. The van der Waals surface area contributed by atoms with E-state index in [-0.39, 0.29) is 6.39 Å². The van der Waals surface area contributed by atoms with Gasteiger partial charge in [-0.15, -0.1) is 0 Å². The van der Waals surface area contributed by atoms with Gasteiger partial charge in [-0.25, -0.2) is 0 Å². The van der Waals surface area contributed by atoms with Crippen molar-refractivity contribution in [2.24, 2.45) is 0 Å². The molecule has 0 saturated heterocycles. The van der Waals surface area contributed by atoms with Crippen LogP contribution in [0.4, 0.5) is 0 Å². The number of hydrogen-bond acceptors (Lipinski definition) is 1. The van der Waals surface area contributed by atoms with Gasteiger partial charge in [0.05, 0.1) is 0 Å². The van der Waals surface area contributed by atoms with Gasteiger partial charge >= 0.3 is 111 Å². The predicted molar refractivity (Wildman–Crippen MR) is 88.1 cm³/mol. The molecule has 0 nitrogen and oxygen atoms in total. The summed E-state index contributed by atoms with van der Waals surface area (Å²) in [5, 5.41) is 0. The van der Waals surface area contributed by atoms with Crippen LogP contribution in [0.2, 0.25) is 0 Å². The second kappa shape index (κ2) is 7.45. The van der Waals surface area contributed by atoms with Crippen LogP contribution in [0.25, 0.3) is 0 Å². The van der Waals surface area contributed by atoms with Crippen LogP contribution in [0.5, 0.6) is 0 Å². The zero-order valence-corrected chi connectivity index (χ0v) is 9.31. The topological polar surface area (TPSA) is 0 Å². The third-order valence-corrected chi connectivity index (χ3v) is 2.69. The van der Waals surface area contributed by atoms with Crippen LogP contribution in [-0.2, 0) is 0 Å². The molecule has 0 aliphatic rings. The zero-order chi connectivity index (χ0) is 12.2. The first-order valence-electron chi connectivity index (χ1n) is 4.57. The summed E-state index contributed by atoms with van der Waals surface area (Å²) in [7, 11) is 39.0. The van der Waals surface area contributed by atoms with Gasteiger partial charge in [0.15, 0.2) is 0 Å². The summed E-state index contributed by atoms with van der Waals surface area (Å²) in [5.41, 5.74) is 0. The van der Waals surface area contributed by atoms with Crippen molar-refractivity contribution < 1.29 is 0 Å². The van der Waals surface area contributed by atoms with E-state index in [1.54, 1.807) is 0 Å². The third-order valence-electron chi connectivity index (χ3n) is 2.38. The van der Waals surface area contributed by atoms with E-state index < -0.39 is 31.9 Å². The average Bonchev–Trinajstić information content (AvgIpc) is 2.10. The van der Waals surface area contributed by atoms with Crippen LogP contribution in [0.3, 0.4) is 0 Å². The molecule has 0 aliphatic heterocycles. The second-order valence-electron chi connectivity index (χ2n) is 3.60. The maximum absolute atomic E-state index is 5.78. The van der Waals surface area contributed by atoms with Gasteiger partial charge in [-0.2, -0.15) is 0 Å². The molecule has 0 spiro atoms. The Morgan fingerprint density at radius 1 is 0.733 bits per heavy atom. The van der Waals surface area contributed by atoms with Crippen LogP contribution in [-0.4, -0.2) is 98.5 Å². The van der Waals surface area contributed by atoms with Crippen molar-refractivity contribution in [3.63, 3.8) is 0 Å². The molecule has 0 N–H and O–H groups in total. The molecule has 0 aromatic rings. The molecule has 0 unspecified atom stereocenters. The van der Waals surface area contributed by atoms with Crippen LogP contribution < -0.4 is 0 Å². The van der Waals surface area contributed by atoms with Gasteiger partial charge in [0, 0.05) is 0 Å². The van der Waals surface area contributed by atoms with Crippen molar-refractivity contribution in [3.05, 3.63) is 0 Å². The molecule has 0 rings (SSSR count). The Morgan fingerprint density at radius 2 is 1.13 bits per heavy atom. The van der Waals surface area contributed by atoms with Crippen molar-refractivity contribution in [3.8, 4) is 0 Å². The van der Waals surface area contributed by atoms with E-state index in [0.29, 0.717) is 0 Å². The maximum atomic E-state index is 5.78. The molecule has 15 heavy (non-hydrogen) atoms. The van der Waals surface area contributed by atoms with E-state index in [4.69, 9.17) is 66.2 Å². The first kappa shape index (κ1) is 16.1. The molecular weight excluding hydrogens is 183 g/mol. The standard InChI is InChI=1S/B14S/c1-9(2)12(7)13(8-15)14(10(3)4)11(5)6. The summed E-state index contributed by atoms with van der Waals surface area (Å²) >= 11 is 4.85. The fraction of sp³-hybridized carbons (Fsp3) is 0. The molecule has 0 aromatic heterocycles. The zero-order valence-electron chi connectivity index (χ0n) is 8.49. The molecule has 48 valence electrons. The molecule has 0 atom stereocenters. The van der Waals surface area contributed by atoms with Crippen LogP contribution >= 0.6 is 12.1 Å². The van der Waals surface area contributed by atoms with Gasteiger partial charge in [0.1, 0.15) is 0 Å². The van der Waals surface area contributed by atoms with Crippen LogP contribution in [0.15, 0.2) is 0 Å². The van der Waals surface area contributed by atoms with E-state index >= 15 is 0 Å². The molecule has 14 radical (unpaired) electrons. The van der Waals surface area contributed by atoms with Crippen molar-refractivity contribution >= 4 is 111 Å². The van der Waals surface area contributed by atoms with Gasteiger partial charge in [0.25, 0.3) is 0 Å². The van der Waals surface area contributed by atoms with Crippen molar-refractivity contribution in [1.29, 1.82) is 0 Å². The third kappa shape index (κ3) is 4.87. The summed E-state index contributed by atoms with van der Waals surface area (Å²) in [5.74, 6) is 0. The number of hydrogen-bond donors (Lipinski definition) is 0. The molecule has 0 amide bonds. The van der Waals surface area contributed by atoms with Gasteiger partial charge in [0.2, 0.25) is 0 Å².